The Morgan fingerprint density at radius 1 is 0.857 bits per heavy atom. The lowest BCUT2D eigenvalue weighted by molar-refractivity contribution is 0.414. The second-order valence-corrected chi connectivity index (χ2v) is 7.52. The Balaban J connectivity index is 1.68. The van der Waals surface area contributed by atoms with Crippen molar-refractivity contribution in [1.29, 1.82) is 0 Å². The third-order valence-corrected chi connectivity index (χ3v) is 5.24. The molecule has 1 heterocycles. The van der Waals surface area contributed by atoms with Crippen LogP contribution >= 0.6 is 0 Å². The number of hydrogen-bond donors (Lipinski definition) is 0. The predicted molar refractivity (Wildman–Crippen MR) is 115 cm³/mol. The minimum Gasteiger partial charge on any atom is -0.497 e. The van der Waals surface area contributed by atoms with E-state index >= 15 is 0 Å². The van der Waals surface area contributed by atoms with Crippen molar-refractivity contribution in [2.24, 2.45) is 0 Å². The van der Waals surface area contributed by atoms with E-state index in [2.05, 4.69) is 73.0 Å². The second kappa shape index (κ2) is 7.89. The molecule has 0 saturated heterocycles. The van der Waals surface area contributed by atoms with Crippen molar-refractivity contribution >= 4 is 11.0 Å². The molecule has 0 aliphatic heterocycles. The van der Waals surface area contributed by atoms with E-state index in [0.29, 0.717) is 5.92 Å². The molecule has 0 amide bonds. The molecule has 0 bridgehead atoms. The number of fused-ring (bicyclic) bond motifs is 1. The maximum atomic E-state index is 5.28. The molecule has 0 spiro atoms. The van der Waals surface area contributed by atoms with Crippen LogP contribution in [0.3, 0.4) is 0 Å². The molecule has 0 radical (unpaired) electrons. The molecule has 4 rings (SSSR count). The Bertz CT molecular complexity index is 1060. The van der Waals surface area contributed by atoms with Gasteiger partial charge in [0, 0.05) is 13.0 Å². The zero-order chi connectivity index (χ0) is 19.5. The van der Waals surface area contributed by atoms with Gasteiger partial charge in [0.2, 0.25) is 0 Å². The summed E-state index contributed by atoms with van der Waals surface area (Å²) in [7, 11) is 1.69. The average molecular weight is 370 g/mol. The molecule has 0 atom stereocenters. The van der Waals surface area contributed by atoms with E-state index in [4.69, 9.17) is 9.72 Å². The number of hydrogen-bond acceptors (Lipinski definition) is 2. The van der Waals surface area contributed by atoms with Gasteiger partial charge in [-0.2, -0.15) is 0 Å². The van der Waals surface area contributed by atoms with Crippen molar-refractivity contribution in [2.75, 3.05) is 7.11 Å². The lowest BCUT2D eigenvalue weighted by Gasteiger charge is -2.12. The Labute approximate surface area is 166 Å². The number of methoxy groups -OCH3 is 1. The quantitative estimate of drug-likeness (QED) is 0.428. The number of para-hydroxylation sites is 2. The number of imidazole rings is 1. The number of ether oxygens (including phenoxy) is 1. The first-order chi connectivity index (χ1) is 13.6. The summed E-state index contributed by atoms with van der Waals surface area (Å²) in [5, 5.41) is 0. The summed E-state index contributed by atoms with van der Waals surface area (Å²) >= 11 is 0. The van der Waals surface area contributed by atoms with Crippen LogP contribution in [0.15, 0.2) is 72.8 Å². The van der Waals surface area contributed by atoms with Gasteiger partial charge < -0.3 is 9.30 Å². The van der Waals surface area contributed by atoms with Gasteiger partial charge in [0.05, 0.1) is 18.1 Å². The van der Waals surface area contributed by atoms with Gasteiger partial charge in [0.15, 0.2) is 0 Å². The van der Waals surface area contributed by atoms with Gasteiger partial charge in [0.1, 0.15) is 11.6 Å². The third-order valence-electron chi connectivity index (χ3n) is 5.24. The van der Waals surface area contributed by atoms with Crippen LogP contribution in [0.1, 0.15) is 42.3 Å². The van der Waals surface area contributed by atoms with Crippen LogP contribution in [0.5, 0.6) is 5.75 Å². The molecule has 4 aromatic rings. The standard InChI is InChI=1S/C25H26N2O/c1-18(2)21-12-8-20(9-13-21)17-27-24-7-5-4-6-23(24)26-25(27)16-19-10-14-22(28-3)15-11-19/h4-15,18H,16-17H2,1-3H3. The molecule has 3 nitrogen and oxygen atoms in total. The van der Waals surface area contributed by atoms with E-state index in [9.17, 15) is 0 Å². The fraction of sp³-hybridized carbons (Fsp3) is 0.240. The maximum absolute atomic E-state index is 5.28. The van der Waals surface area contributed by atoms with Gasteiger partial charge in [0.25, 0.3) is 0 Å². The lowest BCUT2D eigenvalue weighted by Crippen LogP contribution is -2.06. The van der Waals surface area contributed by atoms with Crippen LogP contribution in [0.2, 0.25) is 0 Å². The van der Waals surface area contributed by atoms with Crippen molar-refractivity contribution in [3.8, 4) is 5.75 Å². The van der Waals surface area contributed by atoms with Gasteiger partial charge in [-0.15, -0.1) is 0 Å². The van der Waals surface area contributed by atoms with Crippen molar-refractivity contribution in [1.82, 2.24) is 9.55 Å². The molecule has 0 saturated carbocycles. The molecule has 3 heteroatoms. The van der Waals surface area contributed by atoms with Gasteiger partial charge in [-0.3, -0.25) is 0 Å². The molecule has 1 aromatic heterocycles. The molecule has 0 aliphatic rings. The van der Waals surface area contributed by atoms with Crippen molar-refractivity contribution < 1.29 is 4.74 Å². The van der Waals surface area contributed by atoms with E-state index in [1.54, 1.807) is 7.11 Å². The minimum atomic E-state index is 0.550. The molecule has 0 fully saturated rings. The van der Waals surface area contributed by atoms with Crippen LogP contribution < -0.4 is 4.74 Å². The highest BCUT2D eigenvalue weighted by atomic mass is 16.5. The molecular formula is C25H26N2O. The van der Waals surface area contributed by atoms with E-state index in [1.165, 1.54) is 22.2 Å². The summed E-state index contributed by atoms with van der Waals surface area (Å²) in [4.78, 5) is 4.92. The largest absolute Gasteiger partial charge is 0.497 e. The summed E-state index contributed by atoms with van der Waals surface area (Å²) in [6.07, 6.45) is 0.794. The summed E-state index contributed by atoms with van der Waals surface area (Å²) < 4.78 is 7.61. The average Bonchev–Trinajstić information content (AvgIpc) is 3.06. The number of aromatic nitrogens is 2. The molecule has 0 N–H and O–H groups in total. The lowest BCUT2D eigenvalue weighted by atomic mass is 10.0. The number of benzene rings is 3. The third kappa shape index (κ3) is 3.79. The van der Waals surface area contributed by atoms with Gasteiger partial charge in [-0.25, -0.2) is 4.98 Å². The number of nitrogens with zero attached hydrogens (tertiary/aromatic N) is 2. The normalized spacial score (nSPS) is 11.3. The molecular weight excluding hydrogens is 344 g/mol. The van der Waals surface area contributed by atoms with Crippen LogP contribution in [-0.2, 0) is 13.0 Å². The fourth-order valence-electron chi connectivity index (χ4n) is 3.55. The Hall–Kier alpha value is -3.07. The summed E-state index contributed by atoms with van der Waals surface area (Å²) in [5.41, 5.74) is 6.12. The van der Waals surface area contributed by atoms with Gasteiger partial charge >= 0.3 is 0 Å². The molecule has 142 valence electrons. The first kappa shape index (κ1) is 18.3. The predicted octanol–water partition coefficient (Wildman–Crippen LogP) is 5.81. The first-order valence-electron chi connectivity index (χ1n) is 9.80. The Morgan fingerprint density at radius 3 is 2.21 bits per heavy atom. The summed E-state index contributed by atoms with van der Waals surface area (Å²) in [6.45, 7) is 5.28. The topological polar surface area (TPSA) is 27.1 Å². The van der Waals surface area contributed by atoms with Crippen molar-refractivity contribution in [3.63, 3.8) is 0 Å². The monoisotopic (exact) mass is 370 g/mol. The highest BCUT2D eigenvalue weighted by Gasteiger charge is 2.12. The molecule has 0 aliphatic carbocycles. The van der Waals surface area contributed by atoms with Gasteiger partial charge in [-0.05, 0) is 46.9 Å². The zero-order valence-electron chi connectivity index (χ0n) is 16.7. The fourth-order valence-corrected chi connectivity index (χ4v) is 3.55. The molecule has 3 aromatic carbocycles. The Kier molecular flexibility index (Phi) is 5.16. The van der Waals surface area contributed by atoms with Crippen molar-refractivity contribution in [2.45, 2.75) is 32.7 Å². The van der Waals surface area contributed by atoms with E-state index < -0.39 is 0 Å². The minimum absolute atomic E-state index is 0.550. The van der Waals surface area contributed by atoms with Crippen LogP contribution in [0, 0.1) is 0 Å². The smallest absolute Gasteiger partial charge is 0.118 e. The SMILES string of the molecule is COc1ccc(Cc2nc3ccccc3n2Cc2ccc(C(C)C)cc2)cc1. The molecule has 0 unspecified atom stereocenters. The summed E-state index contributed by atoms with van der Waals surface area (Å²) in [6, 6.07) is 25.6. The first-order valence-corrected chi connectivity index (χ1v) is 9.80. The summed E-state index contributed by atoms with van der Waals surface area (Å²) in [5.74, 6) is 2.51. The van der Waals surface area contributed by atoms with Crippen LogP contribution in [0.25, 0.3) is 11.0 Å². The van der Waals surface area contributed by atoms with E-state index in [0.717, 1.165) is 30.1 Å². The van der Waals surface area contributed by atoms with Gasteiger partial charge in [-0.1, -0.05) is 62.4 Å². The number of rotatable bonds is 6. The Morgan fingerprint density at radius 2 is 1.54 bits per heavy atom. The zero-order valence-corrected chi connectivity index (χ0v) is 16.7. The second-order valence-electron chi connectivity index (χ2n) is 7.52. The van der Waals surface area contributed by atoms with Crippen LogP contribution in [-0.4, -0.2) is 16.7 Å². The van der Waals surface area contributed by atoms with Crippen LogP contribution in [0.4, 0.5) is 0 Å². The highest BCUT2D eigenvalue weighted by Crippen LogP contribution is 2.22. The van der Waals surface area contributed by atoms with E-state index in [-0.39, 0.29) is 0 Å². The van der Waals surface area contributed by atoms with Crippen molar-refractivity contribution in [3.05, 3.63) is 95.3 Å². The van der Waals surface area contributed by atoms with E-state index in [1.807, 2.05) is 18.2 Å². The molecule has 28 heavy (non-hydrogen) atoms. The highest BCUT2D eigenvalue weighted by molar-refractivity contribution is 5.76. The maximum Gasteiger partial charge on any atom is 0.118 e.